The van der Waals surface area contributed by atoms with E-state index >= 15 is 0 Å². The highest BCUT2D eigenvalue weighted by Crippen LogP contribution is 2.26. The first-order valence-corrected chi connectivity index (χ1v) is 24.9. The molecule has 2 fully saturated rings. The van der Waals surface area contributed by atoms with Crippen LogP contribution in [-0.4, -0.2) is 142 Å². The lowest BCUT2D eigenvalue weighted by Gasteiger charge is -2.42. The monoisotopic (exact) mass is 939 g/mol. The Balaban J connectivity index is 1.86. The molecule has 2 rings (SSSR count). The first-order chi connectivity index (χ1) is 32.0. The van der Waals surface area contributed by atoms with E-state index in [9.17, 15) is 45.3 Å². The van der Waals surface area contributed by atoms with Crippen LogP contribution >= 0.6 is 0 Å². The van der Waals surface area contributed by atoms with Crippen LogP contribution in [0.25, 0.3) is 0 Å². The van der Waals surface area contributed by atoms with Crippen molar-refractivity contribution in [3.8, 4) is 0 Å². The second kappa shape index (κ2) is 38.1. The summed E-state index contributed by atoms with van der Waals surface area (Å²) in [5.41, 5.74) is 0. The Kier molecular flexibility index (Phi) is 34.2. The number of hydrogen-bond acceptors (Lipinski definition) is 15. The Morgan fingerprint density at radius 2 is 0.985 bits per heavy atom. The Hall–Kier alpha value is -2.80. The molecule has 11 atom stereocenters. The van der Waals surface area contributed by atoms with Crippen LogP contribution in [0.2, 0.25) is 0 Å². The van der Waals surface area contributed by atoms with E-state index in [1.54, 1.807) is 0 Å². The number of hydrogen-bond donors (Lipinski definition) is 7. The van der Waals surface area contributed by atoms with Crippen molar-refractivity contribution in [3.63, 3.8) is 0 Å². The number of unbranched alkanes of at least 4 members (excludes halogenated alkanes) is 13. The van der Waals surface area contributed by atoms with Crippen molar-refractivity contribution in [2.45, 2.75) is 223 Å². The van der Waals surface area contributed by atoms with Crippen molar-refractivity contribution in [1.82, 2.24) is 0 Å². The molecule has 2 heterocycles. The Labute approximate surface area is 394 Å². The molecule has 66 heavy (non-hydrogen) atoms. The first-order valence-electron chi connectivity index (χ1n) is 24.9. The first kappa shape index (κ1) is 59.3. The quantitative estimate of drug-likeness (QED) is 0.0201. The fourth-order valence-corrected chi connectivity index (χ4v) is 7.40. The minimum absolute atomic E-state index is 0.0708. The molecule has 0 spiro atoms. The predicted octanol–water partition coefficient (Wildman–Crippen LogP) is 6.49. The molecule has 7 N–H and O–H groups in total. The molecule has 0 aromatic carbocycles. The third-order valence-corrected chi connectivity index (χ3v) is 11.5. The fraction of sp³-hybridized carbons (Fsp3) is 0.765. The molecule has 2 saturated heterocycles. The fourth-order valence-electron chi connectivity index (χ4n) is 7.40. The summed E-state index contributed by atoms with van der Waals surface area (Å²) in [6.07, 6.45) is 25.6. The number of allylic oxidation sites excluding steroid dienone is 10. The maximum absolute atomic E-state index is 13.0. The van der Waals surface area contributed by atoms with E-state index in [0.717, 1.165) is 51.4 Å². The number of aliphatic hydroxyl groups is 7. The molecule has 15 heteroatoms. The predicted molar refractivity (Wildman–Crippen MR) is 252 cm³/mol. The van der Waals surface area contributed by atoms with Crippen molar-refractivity contribution in [1.29, 1.82) is 0 Å². The normalized spacial score (nSPS) is 26.7. The van der Waals surface area contributed by atoms with Crippen molar-refractivity contribution < 1.29 is 73.8 Å². The average molecular weight is 939 g/mol. The number of carbonyl (C=O) groups excluding carboxylic acids is 2. The highest BCUT2D eigenvalue weighted by Gasteiger charge is 2.47. The second-order valence-corrected chi connectivity index (χ2v) is 17.3. The maximum atomic E-state index is 13.0. The molecule has 2 aliphatic rings. The molecule has 0 aromatic heterocycles. The van der Waals surface area contributed by atoms with Crippen LogP contribution < -0.4 is 0 Å². The topological polar surface area (TPSA) is 231 Å². The minimum Gasteiger partial charge on any atom is -0.462 e. The van der Waals surface area contributed by atoms with Gasteiger partial charge in [-0.05, 0) is 64.2 Å². The summed E-state index contributed by atoms with van der Waals surface area (Å²) >= 11 is 0. The van der Waals surface area contributed by atoms with Crippen LogP contribution in [0.15, 0.2) is 60.8 Å². The number of ether oxygens (including phenoxy) is 6. The Bertz CT molecular complexity index is 1380. The van der Waals surface area contributed by atoms with Crippen molar-refractivity contribution in [3.05, 3.63) is 60.8 Å². The van der Waals surface area contributed by atoms with E-state index in [4.69, 9.17) is 28.4 Å². The van der Waals surface area contributed by atoms with Gasteiger partial charge in [-0.25, -0.2) is 0 Å². The summed E-state index contributed by atoms with van der Waals surface area (Å²) in [6, 6.07) is 0. The molecule has 0 aromatic rings. The van der Waals surface area contributed by atoms with Crippen LogP contribution in [0.3, 0.4) is 0 Å². The van der Waals surface area contributed by atoms with E-state index in [1.165, 1.54) is 64.2 Å². The third kappa shape index (κ3) is 26.1. The summed E-state index contributed by atoms with van der Waals surface area (Å²) < 4.78 is 33.4. The van der Waals surface area contributed by atoms with Crippen LogP contribution in [0.1, 0.15) is 155 Å². The van der Waals surface area contributed by atoms with Crippen molar-refractivity contribution >= 4 is 11.9 Å². The van der Waals surface area contributed by atoms with Gasteiger partial charge < -0.3 is 64.2 Å². The molecule has 0 amide bonds. The minimum atomic E-state index is -1.78. The summed E-state index contributed by atoms with van der Waals surface area (Å²) in [5, 5.41) is 72.0. The molecule has 0 aliphatic carbocycles. The van der Waals surface area contributed by atoms with E-state index < -0.39 is 99.3 Å². The third-order valence-electron chi connectivity index (χ3n) is 11.5. The largest absolute Gasteiger partial charge is 0.462 e. The SMILES string of the molecule is CC/C=C/C/C=C/C/C=C/C/C=C/CCCCC(=O)OC[C@H](CO[C@@H]1O[C@H](CO[C@@H]2O[C@H](CO)[C@H](O)C(O)C2O)[C@H](O)C(O)C1O)OC(=O)CC/C=C/CCCCCCCCCCCCC. The summed E-state index contributed by atoms with van der Waals surface area (Å²) in [7, 11) is 0. The molecule has 0 radical (unpaired) electrons. The van der Waals surface area contributed by atoms with E-state index in [0.29, 0.717) is 12.8 Å². The summed E-state index contributed by atoms with van der Waals surface area (Å²) in [6.45, 7) is 2.38. The van der Waals surface area contributed by atoms with Gasteiger partial charge in [0.25, 0.3) is 0 Å². The summed E-state index contributed by atoms with van der Waals surface area (Å²) in [5.74, 6) is -1.03. The van der Waals surface area contributed by atoms with Gasteiger partial charge in [0.05, 0.1) is 19.8 Å². The van der Waals surface area contributed by atoms with Crippen LogP contribution in [0, 0.1) is 0 Å². The zero-order valence-corrected chi connectivity index (χ0v) is 39.9. The van der Waals surface area contributed by atoms with Crippen LogP contribution in [-0.2, 0) is 38.0 Å². The smallest absolute Gasteiger partial charge is 0.306 e. The number of rotatable bonds is 37. The Morgan fingerprint density at radius 3 is 1.58 bits per heavy atom. The van der Waals surface area contributed by atoms with Gasteiger partial charge in [-0.2, -0.15) is 0 Å². The van der Waals surface area contributed by atoms with Crippen molar-refractivity contribution in [2.24, 2.45) is 0 Å². The zero-order valence-electron chi connectivity index (χ0n) is 39.9. The van der Waals surface area contributed by atoms with Gasteiger partial charge in [0.15, 0.2) is 18.7 Å². The molecule has 15 nitrogen and oxygen atoms in total. The van der Waals surface area contributed by atoms with E-state index in [1.807, 2.05) is 6.08 Å². The lowest BCUT2D eigenvalue weighted by atomic mass is 9.98. The second-order valence-electron chi connectivity index (χ2n) is 17.3. The zero-order chi connectivity index (χ0) is 48.2. The highest BCUT2D eigenvalue weighted by atomic mass is 16.7. The maximum Gasteiger partial charge on any atom is 0.306 e. The molecule has 2 aliphatic heterocycles. The average Bonchev–Trinajstić information content (AvgIpc) is 3.31. The summed E-state index contributed by atoms with van der Waals surface area (Å²) in [4.78, 5) is 25.7. The molecule has 4 unspecified atom stereocenters. The lowest BCUT2D eigenvalue weighted by Crippen LogP contribution is -2.61. The lowest BCUT2D eigenvalue weighted by molar-refractivity contribution is -0.332. The van der Waals surface area contributed by atoms with Gasteiger partial charge in [0.2, 0.25) is 0 Å². The highest BCUT2D eigenvalue weighted by molar-refractivity contribution is 5.70. The van der Waals surface area contributed by atoms with E-state index in [2.05, 4.69) is 68.5 Å². The van der Waals surface area contributed by atoms with Crippen LogP contribution in [0.4, 0.5) is 0 Å². The molecular weight excluding hydrogens is 853 g/mol. The van der Waals surface area contributed by atoms with Crippen LogP contribution in [0.5, 0.6) is 0 Å². The van der Waals surface area contributed by atoms with Gasteiger partial charge >= 0.3 is 11.9 Å². The molecule has 0 bridgehead atoms. The van der Waals surface area contributed by atoms with Gasteiger partial charge in [0, 0.05) is 12.8 Å². The standard InChI is InChI=1S/C51H86O15/c1-3-5-7-9-11-13-15-17-19-21-23-25-27-29-31-33-42(53)61-36-39(64-43(54)34-32-30-28-26-24-22-20-18-16-14-12-10-8-6-4-2)37-62-50-49(60)47(58)45(56)41(66-50)38-63-51-48(59)46(57)44(55)40(35-52)65-51/h5,7,11,13,17,19,23,25,28,30,39-41,44-52,55-60H,3-4,6,8-10,12,14-16,18,20-22,24,26-27,29,31-38H2,1-2H3/b7-5+,13-11+,19-17+,25-23+,30-28+/t39-,40-,41-,44+,45+,46?,47?,48?,49?,50-,51-/m1/s1. The number of carbonyl (C=O) groups is 2. The van der Waals surface area contributed by atoms with Gasteiger partial charge in [0.1, 0.15) is 55.4 Å². The van der Waals surface area contributed by atoms with Gasteiger partial charge in [-0.15, -0.1) is 0 Å². The number of esters is 2. The molecule has 380 valence electrons. The number of aliphatic hydroxyl groups excluding tert-OH is 7. The van der Waals surface area contributed by atoms with E-state index in [-0.39, 0.29) is 19.4 Å². The molecule has 0 saturated carbocycles. The van der Waals surface area contributed by atoms with Crippen molar-refractivity contribution in [2.75, 3.05) is 26.4 Å². The van der Waals surface area contributed by atoms with Gasteiger partial charge in [-0.1, -0.05) is 139 Å². The van der Waals surface area contributed by atoms with Gasteiger partial charge in [-0.3, -0.25) is 9.59 Å². The Morgan fingerprint density at radius 1 is 0.500 bits per heavy atom. The molecular formula is C51H86O15.